The topological polar surface area (TPSA) is 27.0 Å². The summed E-state index contributed by atoms with van der Waals surface area (Å²) in [5.41, 5.74) is 3.41. The highest BCUT2D eigenvalue weighted by Gasteiger charge is 2.37. The van der Waals surface area contributed by atoms with Gasteiger partial charge >= 0.3 is 0 Å². The van der Waals surface area contributed by atoms with Gasteiger partial charge in [0.25, 0.3) is 0 Å². The van der Waals surface area contributed by atoms with Gasteiger partial charge in [0, 0.05) is 18.6 Å². The number of benzene rings is 2. The van der Waals surface area contributed by atoms with Crippen LogP contribution in [0.1, 0.15) is 36.0 Å². The molecule has 0 radical (unpaired) electrons. The zero-order chi connectivity index (χ0) is 16.5. The lowest BCUT2D eigenvalue weighted by Gasteiger charge is -2.34. The Morgan fingerprint density at radius 2 is 1.92 bits per heavy atom. The number of halogens is 1. The summed E-state index contributed by atoms with van der Waals surface area (Å²) < 4.78 is 13.9. The van der Waals surface area contributed by atoms with Crippen molar-refractivity contribution in [3.05, 3.63) is 77.1 Å². The molecule has 2 aromatic rings. The number of hydrogen-bond acceptors (Lipinski definition) is 2. The Bertz CT molecular complexity index is 819. The van der Waals surface area contributed by atoms with Crippen LogP contribution in [0, 0.1) is 17.1 Å². The van der Waals surface area contributed by atoms with Crippen LogP contribution in [0.25, 0.3) is 5.57 Å². The second-order valence-electron chi connectivity index (χ2n) is 6.63. The van der Waals surface area contributed by atoms with E-state index >= 15 is 0 Å². The zero-order valence-corrected chi connectivity index (χ0v) is 13.5. The predicted molar refractivity (Wildman–Crippen MR) is 92.5 cm³/mol. The number of hydrogen-bond donors (Lipinski definition) is 0. The van der Waals surface area contributed by atoms with Crippen LogP contribution < -0.4 is 0 Å². The van der Waals surface area contributed by atoms with Gasteiger partial charge in [0.05, 0.1) is 5.56 Å². The van der Waals surface area contributed by atoms with Gasteiger partial charge in [-0.2, -0.15) is 5.26 Å². The largest absolute Gasteiger partial charge is 0.289 e. The Morgan fingerprint density at radius 1 is 1.08 bits per heavy atom. The van der Waals surface area contributed by atoms with Gasteiger partial charge in [-0.25, -0.2) is 4.39 Å². The molecule has 0 saturated carbocycles. The van der Waals surface area contributed by atoms with E-state index in [0.717, 1.165) is 36.9 Å². The molecule has 120 valence electrons. The van der Waals surface area contributed by atoms with Gasteiger partial charge in [0.2, 0.25) is 0 Å². The number of nitriles is 1. The van der Waals surface area contributed by atoms with Crippen molar-refractivity contribution in [2.75, 3.05) is 0 Å². The first kappa shape index (κ1) is 15.1. The van der Waals surface area contributed by atoms with Gasteiger partial charge in [0.1, 0.15) is 11.9 Å². The molecule has 4 rings (SSSR count). The van der Waals surface area contributed by atoms with Crippen molar-refractivity contribution in [2.45, 2.75) is 37.9 Å². The van der Waals surface area contributed by atoms with Crippen LogP contribution in [0.4, 0.5) is 4.39 Å². The highest BCUT2D eigenvalue weighted by atomic mass is 19.1. The van der Waals surface area contributed by atoms with E-state index in [1.807, 2.05) is 18.2 Å². The van der Waals surface area contributed by atoms with Gasteiger partial charge in [0.15, 0.2) is 0 Å². The lowest BCUT2D eigenvalue weighted by Crippen LogP contribution is -2.37. The lowest BCUT2D eigenvalue weighted by atomic mass is 9.91. The first-order valence-electron chi connectivity index (χ1n) is 8.45. The van der Waals surface area contributed by atoms with Crippen LogP contribution in [0.5, 0.6) is 0 Å². The predicted octanol–water partition coefficient (Wildman–Crippen LogP) is 4.52. The SMILES string of the molecule is N#Cc1c(F)cccc1C1=CC2CCC(C1)N2Cc1ccccc1. The van der Waals surface area contributed by atoms with Gasteiger partial charge < -0.3 is 0 Å². The molecule has 0 aromatic heterocycles. The fourth-order valence-electron chi connectivity index (χ4n) is 4.06. The molecule has 2 aliphatic heterocycles. The smallest absolute Gasteiger partial charge is 0.141 e. The van der Waals surface area contributed by atoms with E-state index in [-0.39, 0.29) is 5.56 Å². The third kappa shape index (κ3) is 2.64. The second kappa shape index (κ2) is 6.22. The summed E-state index contributed by atoms with van der Waals surface area (Å²) in [7, 11) is 0. The van der Waals surface area contributed by atoms with Gasteiger partial charge in [-0.3, -0.25) is 4.90 Å². The summed E-state index contributed by atoms with van der Waals surface area (Å²) in [5, 5.41) is 9.30. The zero-order valence-electron chi connectivity index (χ0n) is 13.5. The van der Waals surface area contributed by atoms with Gasteiger partial charge in [-0.05, 0) is 42.0 Å². The van der Waals surface area contributed by atoms with Crippen molar-refractivity contribution in [3.63, 3.8) is 0 Å². The second-order valence-corrected chi connectivity index (χ2v) is 6.63. The Balaban J connectivity index is 1.63. The van der Waals surface area contributed by atoms with Gasteiger partial charge in [-0.1, -0.05) is 48.5 Å². The Morgan fingerprint density at radius 3 is 2.67 bits per heavy atom. The van der Waals surface area contributed by atoms with E-state index in [1.54, 1.807) is 6.07 Å². The van der Waals surface area contributed by atoms with Crippen LogP contribution in [-0.4, -0.2) is 17.0 Å². The molecular formula is C21H19FN2. The average Bonchev–Trinajstić information content (AvgIpc) is 2.83. The molecular weight excluding hydrogens is 299 g/mol. The Labute approximate surface area is 141 Å². The lowest BCUT2D eigenvalue weighted by molar-refractivity contribution is 0.203. The average molecular weight is 318 g/mol. The molecule has 2 heterocycles. The minimum Gasteiger partial charge on any atom is -0.289 e. The molecule has 0 spiro atoms. The maximum atomic E-state index is 13.9. The van der Waals surface area contributed by atoms with Crippen LogP contribution >= 0.6 is 0 Å². The number of nitrogens with zero attached hydrogens (tertiary/aromatic N) is 2. The van der Waals surface area contributed by atoms with E-state index in [0.29, 0.717) is 12.1 Å². The number of rotatable bonds is 3. The molecule has 2 unspecified atom stereocenters. The van der Waals surface area contributed by atoms with Crippen molar-refractivity contribution in [3.8, 4) is 6.07 Å². The standard InChI is InChI=1S/C21H19FN2/c22-21-8-4-7-19(20(21)13-23)16-11-17-9-10-18(12-16)24(17)14-15-5-2-1-3-6-15/h1-8,11,17-18H,9-10,12,14H2. The van der Waals surface area contributed by atoms with Crippen LogP contribution in [-0.2, 0) is 6.54 Å². The number of fused-ring (bicyclic) bond motifs is 2. The molecule has 2 aliphatic rings. The van der Waals surface area contributed by atoms with E-state index in [1.165, 1.54) is 11.6 Å². The van der Waals surface area contributed by atoms with Crippen molar-refractivity contribution in [2.24, 2.45) is 0 Å². The first-order chi connectivity index (χ1) is 11.8. The van der Waals surface area contributed by atoms with Crippen LogP contribution in [0.2, 0.25) is 0 Å². The van der Waals surface area contributed by atoms with Crippen molar-refractivity contribution >= 4 is 5.57 Å². The van der Waals surface area contributed by atoms with Crippen LogP contribution in [0.15, 0.2) is 54.6 Å². The fourth-order valence-corrected chi connectivity index (χ4v) is 4.06. The molecule has 2 bridgehead atoms. The molecule has 2 atom stereocenters. The summed E-state index contributed by atoms with van der Waals surface area (Å²) in [5.74, 6) is -0.421. The molecule has 24 heavy (non-hydrogen) atoms. The molecule has 0 aliphatic carbocycles. The van der Waals surface area contributed by atoms with Crippen LogP contribution in [0.3, 0.4) is 0 Å². The van der Waals surface area contributed by atoms with Crippen molar-refractivity contribution in [1.82, 2.24) is 4.90 Å². The van der Waals surface area contributed by atoms with Crippen molar-refractivity contribution in [1.29, 1.82) is 5.26 Å². The quantitative estimate of drug-likeness (QED) is 0.832. The van der Waals surface area contributed by atoms with Gasteiger partial charge in [-0.15, -0.1) is 0 Å². The first-order valence-corrected chi connectivity index (χ1v) is 8.45. The third-order valence-electron chi connectivity index (χ3n) is 5.22. The molecule has 2 aromatic carbocycles. The molecule has 1 saturated heterocycles. The van der Waals surface area contributed by atoms with E-state index in [2.05, 4.69) is 35.2 Å². The maximum Gasteiger partial charge on any atom is 0.141 e. The summed E-state index contributed by atoms with van der Waals surface area (Å²) in [6, 6.07) is 18.4. The van der Waals surface area contributed by atoms with E-state index < -0.39 is 5.82 Å². The normalized spacial score (nSPS) is 22.9. The molecule has 0 amide bonds. The van der Waals surface area contributed by atoms with E-state index in [4.69, 9.17) is 0 Å². The molecule has 3 heteroatoms. The molecule has 1 fully saturated rings. The molecule has 2 nitrogen and oxygen atoms in total. The minimum atomic E-state index is -0.421. The Hall–Kier alpha value is -2.44. The third-order valence-corrected chi connectivity index (χ3v) is 5.22. The summed E-state index contributed by atoms with van der Waals surface area (Å²) in [6.07, 6.45) is 5.44. The summed E-state index contributed by atoms with van der Waals surface area (Å²) in [6.45, 7) is 0.953. The Kier molecular flexibility index (Phi) is 3.92. The van der Waals surface area contributed by atoms with Crippen molar-refractivity contribution < 1.29 is 4.39 Å². The van der Waals surface area contributed by atoms with E-state index in [9.17, 15) is 9.65 Å². The highest BCUT2D eigenvalue weighted by molar-refractivity contribution is 5.72. The fraction of sp³-hybridized carbons (Fsp3) is 0.286. The summed E-state index contributed by atoms with van der Waals surface area (Å²) in [4.78, 5) is 2.55. The maximum absolute atomic E-state index is 13.9. The minimum absolute atomic E-state index is 0.180. The summed E-state index contributed by atoms with van der Waals surface area (Å²) >= 11 is 0. The highest BCUT2D eigenvalue weighted by Crippen LogP contribution is 2.40. The molecule has 0 N–H and O–H groups in total. The monoisotopic (exact) mass is 318 g/mol.